The van der Waals surface area contributed by atoms with E-state index in [1.807, 2.05) is 37.3 Å². The Balaban J connectivity index is 1.34. The minimum Gasteiger partial charge on any atom is -0.454 e. The standard InChI is InChI=1S/C21H20N4O3S/c1-13(20(26)22-15-9-10-17-18(11-15)28-12-27-17)29-21-24-23-19(14-7-8-14)25(21)16-5-3-2-4-6-16/h2-6,9-11,13-14H,7-8,12H2,1H3,(H,22,26)/t13-/m1/s1. The molecule has 5 rings (SSSR count). The number of hydrogen-bond acceptors (Lipinski definition) is 6. The van der Waals surface area contributed by atoms with Crippen molar-refractivity contribution >= 4 is 23.4 Å². The van der Waals surface area contributed by atoms with Crippen LogP contribution in [-0.2, 0) is 4.79 Å². The second kappa shape index (κ2) is 7.44. The fourth-order valence-electron chi connectivity index (χ4n) is 3.21. The van der Waals surface area contributed by atoms with Crippen LogP contribution in [0, 0.1) is 0 Å². The molecular formula is C21H20N4O3S. The third kappa shape index (κ3) is 3.67. The van der Waals surface area contributed by atoms with Gasteiger partial charge >= 0.3 is 0 Å². The van der Waals surface area contributed by atoms with E-state index in [0.717, 1.165) is 29.5 Å². The number of thioether (sulfide) groups is 1. The number of anilines is 1. The maximum absolute atomic E-state index is 12.8. The van der Waals surface area contributed by atoms with Crippen LogP contribution in [-0.4, -0.2) is 32.7 Å². The molecule has 1 N–H and O–H groups in total. The molecule has 148 valence electrons. The first-order chi connectivity index (χ1) is 14.2. The first-order valence-electron chi connectivity index (χ1n) is 9.57. The number of fused-ring (bicyclic) bond motifs is 1. The van der Waals surface area contributed by atoms with Crippen LogP contribution in [0.2, 0.25) is 0 Å². The van der Waals surface area contributed by atoms with Gasteiger partial charge in [0.15, 0.2) is 16.7 Å². The monoisotopic (exact) mass is 408 g/mol. The lowest BCUT2D eigenvalue weighted by molar-refractivity contribution is -0.115. The summed E-state index contributed by atoms with van der Waals surface area (Å²) in [4.78, 5) is 12.8. The summed E-state index contributed by atoms with van der Waals surface area (Å²) < 4.78 is 12.8. The van der Waals surface area contributed by atoms with E-state index in [0.29, 0.717) is 23.1 Å². The fourth-order valence-corrected chi connectivity index (χ4v) is 4.09. The van der Waals surface area contributed by atoms with E-state index in [1.165, 1.54) is 11.8 Å². The minimum absolute atomic E-state index is 0.107. The van der Waals surface area contributed by atoms with Gasteiger partial charge in [0.1, 0.15) is 5.82 Å². The second-order valence-corrected chi connectivity index (χ2v) is 8.41. The molecule has 0 bridgehead atoms. The molecule has 1 aliphatic heterocycles. The first-order valence-corrected chi connectivity index (χ1v) is 10.4. The van der Waals surface area contributed by atoms with Gasteiger partial charge in [-0.3, -0.25) is 9.36 Å². The molecule has 2 heterocycles. The smallest absolute Gasteiger partial charge is 0.237 e. The lowest BCUT2D eigenvalue weighted by Crippen LogP contribution is -2.22. The number of para-hydroxylation sites is 1. The normalized spacial score (nSPS) is 15.9. The summed E-state index contributed by atoms with van der Waals surface area (Å²) >= 11 is 1.41. The predicted molar refractivity (Wildman–Crippen MR) is 110 cm³/mol. The van der Waals surface area contributed by atoms with E-state index in [4.69, 9.17) is 9.47 Å². The summed E-state index contributed by atoms with van der Waals surface area (Å²) in [5, 5.41) is 12.1. The van der Waals surface area contributed by atoms with Crippen LogP contribution in [0.15, 0.2) is 53.7 Å². The molecule has 1 saturated carbocycles. The molecule has 0 unspecified atom stereocenters. The van der Waals surface area contributed by atoms with E-state index in [1.54, 1.807) is 18.2 Å². The van der Waals surface area contributed by atoms with Gasteiger partial charge in [-0.25, -0.2) is 0 Å². The molecule has 3 aromatic rings. The van der Waals surface area contributed by atoms with Crippen LogP contribution >= 0.6 is 11.8 Å². The van der Waals surface area contributed by atoms with Crippen molar-refractivity contribution in [1.29, 1.82) is 0 Å². The van der Waals surface area contributed by atoms with Gasteiger partial charge in [-0.1, -0.05) is 30.0 Å². The molecule has 0 saturated heterocycles. The third-order valence-electron chi connectivity index (χ3n) is 4.91. The van der Waals surface area contributed by atoms with Crippen LogP contribution < -0.4 is 14.8 Å². The van der Waals surface area contributed by atoms with Crippen LogP contribution in [0.3, 0.4) is 0 Å². The molecule has 2 aliphatic rings. The zero-order valence-electron chi connectivity index (χ0n) is 15.9. The largest absolute Gasteiger partial charge is 0.454 e. The molecule has 8 heteroatoms. The summed E-state index contributed by atoms with van der Waals surface area (Å²) in [5.74, 6) is 2.65. The van der Waals surface area contributed by atoms with Gasteiger partial charge in [0.05, 0.1) is 5.25 Å². The van der Waals surface area contributed by atoms with Crippen LogP contribution in [0.1, 0.15) is 31.5 Å². The Morgan fingerprint density at radius 3 is 2.72 bits per heavy atom. The van der Waals surface area contributed by atoms with E-state index in [2.05, 4.69) is 20.1 Å². The van der Waals surface area contributed by atoms with Gasteiger partial charge in [-0.05, 0) is 44.0 Å². The van der Waals surface area contributed by atoms with Crippen LogP contribution in [0.25, 0.3) is 5.69 Å². The number of benzene rings is 2. The zero-order valence-corrected chi connectivity index (χ0v) is 16.7. The van der Waals surface area contributed by atoms with Crippen molar-refractivity contribution in [3.8, 4) is 17.2 Å². The maximum Gasteiger partial charge on any atom is 0.237 e. The lowest BCUT2D eigenvalue weighted by atomic mass is 10.2. The highest BCUT2D eigenvalue weighted by Crippen LogP contribution is 2.41. The Bertz CT molecular complexity index is 1050. The summed E-state index contributed by atoms with van der Waals surface area (Å²) in [6, 6.07) is 15.4. The van der Waals surface area contributed by atoms with Gasteiger partial charge in [0.25, 0.3) is 0 Å². The maximum atomic E-state index is 12.8. The van der Waals surface area contributed by atoms with Gasteiger partial charge in [0, 0.05) is 23.4 Å². The summed E-state index contributed by atoms with van der Waals surface area (Å²) in [5.41, 5.74) is 1.69. The molecular weight excluding hydrogens is 388 g/mol. The molecule has 29 heavy (non-hydrogen) atoms. The number of rotatable bonds is 6. The van der Waals surface area contributed by atoms with Crippen LogP contribution in [0.4, 0.5) is 5.69 Å². The number of nitrogens with one attached hydrogen (secondary N) is 1. The highest BCUT2D eigenvalue weighted by molar-refractivity contribution is 8.00. The van der Waals surface area contributed by atoms with Crippen molar-refractivity contribution in [1.82, 2.24) is 14.8 Å². The van der Waals surface area contributed by atoms with Crippen molar-refractivity contribution in [3.63, 3.8) is 0 Å². The number of carbonyl (C=O) groups is 1. The summed E-state index contributed by atoms with van der Waals surface area (Å²) in [6.45, 7) is 2.07. The molecule has 2 aromatic carbocycles. The Morgan fingerprint density at radius 1 is 1.14 bits per heavy atom. The van der Waals surface area contributed by atoms with Crippen molar-refractivity contribution in [2.75, 3.05) is 12.1 Å². The molecule has 1 aromatic heterocycles. The van der Waals surface area contributed by atoms with Crippen molar-refractivity contribution in [2.45, 2.75) is 36.1 Å². The molecule has 0 radical (unpaired) electrons. The van der Waals surface area contributed by atoms with Gasteiger partial charge < -0.3 is 14.8 Å². The Kier molecular flexibility index (Phi) is 4.63. The number of nitrogens with zero attached hydrogens (tertiary/aromatic N) is 3. The fraction of sp³-hybridized carbons (Fsp3) is 0.286. The van der Waals surface area contributed by atoms with Crippen molar-refractivity contribution in [3.05, 3.63) is 54.4 Å². The Morgan fingerprint density at radius 2 is 1.93 bits per heavy atom. The number of carbonyl (C=O) groups excluding carboxylic acids is 1. The lowest BCUT2D eigenvalue weighted by Gasteiger charge is -2.14. The number of hydrogen-bond donors (Lipinski definition) is 1. The van der Waals surface area contributed by atoms with Gasteiger partial charge in [-0.2, -0.15) is 0 Å². The van der Waals surface area contributed by atoms with Crippen molar-refractivity contribution < 1.29 is 14.3 Å². The zero-order chi connectivity index (χ0) is 19.8. The molecule has 1 atom stereocenters. The predicted octanol–water partition coefficient (Wildman–Crippen LogP) is 3.99. The third-order valence-corrected chi connectivity index (χ3v) is 5.95. The van der Waals surface area contributed by atoms with Gasteiger partial charge in [0.2, 0.25) is 12.7 Å². The average Bonchev–Trinajstić information content (AvgIpc) is 3.33. The van der Waals surface area contributed by atoms with E-state index < -0.39 is 0 Å². The Labute approximate surface area is 172 Å². The van der Waals surface area contributed by atoms with Crippen molar-refractivity contribution in [2.24, 2.45) is 0 Å². The Hall–Kier alpha value is -3.00. The highest BCUT2D eigenvalue weighted by Gasteiger charge is 2.32. The number of aromatic nitrogens is 3. The minimum atomic E-state index is -0.348. The van der Waals surface area contributed by atoms with E-state index in [-0.39, 0.29) is 18.0 Å². The van der Waals surface area contributed by atoms with E-state index in [9.17, 15) is 4.79 Å². The molecule has 0 spiro atoms. The summed E-state index contributed by atoms with van der Waals surface area (Å²) in [7, 11) is 0. The molecule has 7 nitrogen and oxygen atoms in total. The molecule has 1 amide bonds. The quantitative estimate of drug-likeness (QED) is 0.622. The molecule has 1 fully saturated rings. The van der Waals surface area contributed by atoms with Crippen LogP contribution in [0.5, 0.6) is 11.5 Å². The van der Waals surface area contributed by atoms with Gasteiger partial charge in [-0.15, -0.1) is 10.2 Å². The SMILES string of the molecule is C[C@@H](Sc1nnc(C2CC2)n1-c1ccccc1)C(=O)Nc1ccc2c(c1)OCO2. The second-order valence-electron chi connectivity index (χ2n) is 7.10. The molecule has 1 aliphatic carbocycles. The topological polar surface area (TPSA) is 78.3 Å². The highest BCUT2D eigenvalue weighted by atomic mass is 32.2. The first kappa shape index (κ1) is 18.1. The van der Waals surface area contributed by atoms with E-state index >= 15 is 0 Å². The number of ether oxygens (including phenoxy) is 2. The average molecular weight is 408 g/mol. The summed E-state index contributed by atoms with van der Waals surface area (Å²) in [6.07, 6.45) is 2.27. The number of amides is 1.